The molecule has 0 radical (unpaired) electrons. The summed E-state index contributed by atoms with van der Waals surface area (Å²) in [4.78, 5) is 2.16. The minimum atomic E-state index is 0.839. The van der Waals surface area contributed by atoms with Gasteiger partial charge in [0.2, 0.25) is 0 Å². The highest BCUT2D eigenvalue weighted by Crippen LogP contribution is 2.26. The van der Waals surface area contributed by atoms with Crippen LogP contribution in [0.3, 0.4) is 0 Å². The summed E-state index contributed by atoms with van der Waals surface area (Å²) < 4.78 is 0. The van der Waals surface area contributed by atoms with Crippen molar-refractivity contribution in [2.45, 2.75) is 13.8 Å². The lowest BCUT2D eigenvalue weighted by Crippen LogP contribution is -2.09. The molecule has 0 heterocycles. The van der Waals surface area contributed by atoms with Gasteiger partial charge in [-0.25, -0.2) is 0 Å². The normalized spacial score (nSPS) is 10.3. The van der Waals surface area contributed by atoms with Gasteiger partial charge in [-0.3, -0.25) is 0 Å². The number of anilines is 3. The minimum Gasteiger partial charge on any atom is -0.399 e. The van der Waals surface area contributed by atoms with Crippen LogP contribution in [0, 0.1) is 13.8 Å². The van der Waals surface area contributed by atoms with Gasteiger partial charge in [-0.15, -0.1) is 0 Å². The van der Waals surface area contributed by atoms with Crippen LogP contribution in [0.2, 0.25) is 0 Å². The fraction of sp³-hybridized carbons (Fsp3) is 0.200. The monoisotopic (exact) mass is 226 g/mol. The molecule has 17 heavy (non-hydrogen) atoms. The summed E-state index contributed by atoms with van der Waals surface area (Å²) in [5, 5.41) is 0. The Bertz CT molecular complexity index is 515. The molecule has 0 amide bonds. The van der Waals surface area contributed by atoms with E-state index in [2.05, 4.69) is 49.2 Å². The van der Waals surface area contributed by atoms with Crippen molar-refractivity contribution in [1.82, 2.24) is 0 Å². The van der Waals surface area contributed by atoms with E-state index in [1.807, 2.05) is 19.1 Å². The summed E-state index contributed by atoms with van der Waals surface area (Å²) >= 11 is 0. The van der Waals surface area contributed by atoms with Crippen molar-refractivity contribution in [3.8, 4) is 0 Å². The first-order chi connectivity index (χ1) is 8.08. The summed E-state index contributed by atoms with van der Waals surface area (Å²) in [6, 6.07) is 14.6. The molecule has 0 aliphatic rings. The molecule has 88 valence electrons. The predicted molar refractivity (Wildman–Crippen MR) is 74.8 cm³/mol. The van der Waals surface area contributed by atoms with Gasteiger partial charge in [-0.05, 0) is 49.7 Å². The molecule has 0 bridgehead atoms. The number of hydrogen-bond acceptors (Lipinski definition) is 2. The van der Waals surface area contributed by atoms with Crippen molar-refractivity contribution in [2.24, 2.45) is 0 Å². The van der Waals surface area contributed by atoms with Gasteiger partial charge < -0.3 is 10.6 Å². The first kappa shape index (κ1) is 11.5. The first-order valence-electron chi connectivity index (χ1n) is 5.74. The van der Waals surface area contributed by atoms with E-state index in [0.717, 1.165) is 16.9 Å². The summed E-state index contributed by atoms with van der Waals surface area (Å²) in [5.41, 5.74) is 11.4. The summed E-state index contributed by atoms with van der Waals surface area (Å²) in [6.45, 7) is 4.12. The highest BCUT2D eigenvalue weighted by molar-refractivity contribution is 5.66. The highest BCUT2D eigenvalue weighted by Gasteiger charge is 2.04. The third kappa shape index (κ3) is 2.41. The van der Waals surface area contributed by atoms with Crippen molar-refractivity contribution in [2.75, 3.05) is 17.7 Å². The zero-order valence-electron chi connectivity index (χ0n) is 10.6. The second-order valence-corrected chi connectivity index (χ2v) is 4.44. The number of nitrogen functional groups attached to an aromatic ring is 1. The summed E-state index contributed by atoms with van der Waals surface area (Å²) in [5.74, 6) is 0. The van der Waals surface area contributed by atoms with Gasteiger partial charge in [-0.1, -0.05) is 17.7 Å². The van der Waals surface area contributed by atoms with Gasteiger partial charge in [0.1, 0.15) is 0 Å². The SMILES string of the molecule is Cc1ccc(N(C)c2ccc(N)c(C)c2)cc1. The maximum atomic E-state index is 5.83. The molecule has 0 saturated carbocycles. The Morgan fingerprint density at radius 3 is 2.06 bits per heavy atom. The Balaban J connectivity index is 2.33. The van der Waals surface area contributed by atoms with Crippen LogP contribution in [-0.4, -0.2) is 7.05 Å². The van der Waals surface area contributed by atoms with Crippen LogP contribution in [-0.2, 0) is 0 Å². The van der Waals surface area contributed by atoms with E-state index in [-0.39, 0.29) is 0 Å². The fourth-order valence-electron chi connectivity index (χ4n) is 1.79. The van der Waals surface area contributed by atoms with Gasteiger partial charge >= 0.3 is 0 Å². The molecule has 0 aliphatic heterocycles. The smallest absolute Gasteiger partial charge is 0.0412 e. The van der Waals surface area contributed by atoms with Crippen molar-refractivity contribution in [3.05, 3.63) is 53.6 Å². The lowest BCUT2D eigenvalue weighted by molar-refractivity contribution is 1.20. The number of benzene rings is 2. The van der Waals surface area contributed by atoms with E-state index in [1.165, 1.54) is 11.3 Å². The Morgan fingerprint density at radius 2 is 1.47 bits per heavy atom. The molecule has 0 unspecified atom stereocenters. The maximum Gasteiger partial charge on any atom is 0.0412 e. The van der Waals surface area contributed by atoms with Crippen LogP contribution in [0.15, 0.2) is 42.5 Å². The highest BCUT2D eigenvalue weighted by atomic mass is 15.1. The van der Waals surface area contributed by atoms with E-state index < -0.39 is 0 Å². The van der Waals surface area contributed by atoms with Gasteiger partial charge in [0.05, 0.1) is 0 Å². The van der Waals surface area contributed by atoms with Gasteiger partial charge in [-0.2, -0.15) is 0 Å². The Hall–Kier alpha value is -1.96. The van der Waals surface area contributed by atoms with Crippen molar-refractivity contribution in [1.29, 1.82) is 0 Å². The third-order valence-corrected chi connectivity index (χ3v) is 3.06. The molecule has 0 aliphatic carbocycles. The lowest BCUT2D eigenvalue weighted by Gasteiger charge is -2.20. The van der Waals surface area contributed by atoms with E-state index in [1.54, 1.807) is 0 Å². The molecular weight excluding hydrogens is 208 g/mol. The molecule has 0 saturated heterocycles. The number of hydrogen-bond donors (Lipinski definition) is 1. The van der Waals surface area contributed by atoms with Crippen LogP contribution in [0.5, 0.6) is 0 Å². The van der Waals surface area contributed by atoms with Crippen LogP contribution in [0.1, 0.15) is 11.1 Å². The lowest BCUT2D eigenvalue weighted by atomic mass is 10.1. The zero-order chi connectivity index (χ0) is 12.4. The van der Waals surface area contributed by atoms with E-state index >= 15 is 0 Å². The molecule has 0 fully saturated rings. The van der Waals surface area contributed by atoms with Crippen molar-refractivity contribution >= 4 is 17.1 Å². The van der Waals surface area contributed by atoms with Gasteiger partial charge in [0.15, 0.2) is 0 Å². The predicted octanol–water partition coefficient (Wildman–Crippen LogP) is 3.65. The molecule has 2 N–H and O–H groups in total. The molecule has 2 nitrogen and oxygen atoms in total. The maximum absolute atomic E-state index is 5.83. The van der Waals surface area contributed by atoms with E-state index in [9.17, 15) is 0 Å². The number of aryl methyl sites for hydroxylation is 2. The second kappa shape index (κ2) is 4.50. The van der Waals surface area contributed by atoms with Crippen LogP contribution < -0.4 is 10.6 Å². The number of nitrogens with two attached hydrogens (primary N) is 1. The van der Waals surface area contributed by atoms with Crippen LogP contribution in [0.4, 0.5) is 17.1 Å². The van der Waals surface area contributed by atoms with Gasteiger partial charge in [0.25, 0.3) is 0 Å². The average molecular weight is 226 g/mol. The molecular formula is C15H18N2. The summed E-state index contributed by atoms with van der Waals surface area (Å²) in [7, 11) is 2.07. The quantitative estimate of drug-likeness (QED) is 0.792. The molecule has 2 aromatic carbocycles. The van der Waals surface area contributed by atoms with Crippen LogP contribution >= 0.6 is 0 Å². The molecule has 2 heteroatoms. The van der Waals surface area contributed by atoms with E-state index in [4.69, 9.17) is 5.73 Å². The minimum absolute atomic E-state index is 0.839. The average Bonchev–Trinajstić information content (AvgIpc) is 2.33. The standard InChI is InChI=1S/C15H18N2/c1-11-4-6-13(7-5-11)17(3)14-8-9-15(16)12(2)10-14/h4-10H,16H2,1-3H3. The number of rotatable bonds is 2. The topological polar surface area (TPSA) is 29.3 Å². The third-order valence-electron chi connectivity index (χ3n) is 3.06. The van der Waals surface area contributed by atoms with Crippen LogP contribution in [0.25, 0.3) is 0 Å². The molecule has 2 rings (SSSR count). The zero-order valence-corrected chi connectivity index (χ0v) is 10.6. The first-order valence-corrected chi connectivity index (χ1v) is 5.74. The number of nitrogens with zero attached hydrogens (tertiary/aromatic N) is 1. The second-order valence-electron chi connectivity index (χ2n) is 4.44. The molecule has 0 atom stereocenters. The molecule has 0 spiro atoms. The van der Waals surface area contributed by atoms with Crippen molar-refractivity contribution in [3.63, 3.8) is 0 Å². The molecule has 2 aromatic rings. The van der Waals surface area contributed by atoms with Gasteiger partial charge in [0, 0.05) is 24.1 Å². The Labute approximate surface area is 103 Å². The van der Waals surface area contributed by atoms with E-state index in [0.29, 0.717) is 0 Å². The largest absolute Gasteiger partial charge is 0.399 e. The fourth-order valence-corrected chi connectivity index (χ4v) is 1.79. The molecule has 0 aromatic heterocycles. The Kier molecular flexibility index (Phi) is 3.05. The van der Waals surface area contributed by atoms with Crippen molar-refractivity contribution < 1.29 is 0 Å². The summed E-state index contributed by atoms with van der Waals surface area (Å²) in [6.07, 6.45) is 0. The Morgan fingerprint density at radius 1 is 0.882 bits per heavy atom.